The summed E-state index contributed by atoms with van der Waals surface area (Å²) in [7, 11) is 1.64. The highest BCUT2D eigenvalue weighted by Gasteiger charge is 2.17. The highest BCUT2D eigenvalue weighted by atomic mass is 16.5. The first-order chi connectivity index (χ1) is 13.2. The maximum absolute atomic E-state index is 12.5. The molecule has 0 fully saturated rings. The molecule has 0 radical (unpaired) electrons. The summed E-state index contributed by atoms with van der Waals surface area (Å²) in [6, 6.07) is 16.3. The smallest absolute Gasteiger partial charge is 0.259 e. The monoisotopic (exact) mass is 358 g/mol. The first-order valence-corrected chi connectivity index (χ1v) is 8.27. The summed E-state index contributed by atoms with van der Waals surface area (Å²) in [5, 5.41) is 3.19. The summed E-state index contributed by atoms with van der Waals surface area (Å²) in [6.07, 6.45) is 8.57. The Bertz CT molecular complexity index is 950. The van der Waals surface area contributed by atoms with E-state index in [2.05, 4.69) is 21.2 Å². The summed E-state index contributed by atoms with van der Waals surface area (Å²) in [4.78, 5) is 22.3. The van der Waals surface area contributed by atoms with Crippen molar-refractivity contribution in [3.05, 3.63) is 72.6 Å². The topological polar surface area (TPSA) is 67.4 Å². The van der Waals surface area contributed by atoms with Crippen molar-refractivity contribution in [1.29, 1.82) is 0 Å². The van der Waals surface area contributed by atoms with Crippen LogP contribution in [0.25, 0.3) is 0 Å². The van der Waals surface area contributed by atoms with Gasteiger partial charge in [0.25, 0.3) is 5.91 Å². The lowest BCUT2D eigenvalue weighted by Gasteiger charge is -2.16. The minimum absolute atomic E-state index is 0.209. The fourth-order valence-corrected chi connectivity index (χ4v) is 2.35. The Morgan fingerprint density at radius 2 is 1.89 bits per heavy atom. The van der Waals surface area contributed by atoms with Crippen LogP contribution in [-0.2, 0) is 0 Å². The number of amides is 1. The first kappa shape index (κ1) is 18.0. The van der Waals surface area contributed by atoms with Crippen molar-refractivity contribution in [1.82, 2.24) is 14.9 Å². The van der Waals surface area contributed by atoms with Gasteiger partial charge >= 0.3 is 0 Å². The van der Waals surface area contributed by atoms with E-state index < -0.39 is 0 Å². The fraction of sp³-hybridized carbons (Fsp3) is 0.0952. The Morgan fingerprint density at radius 3 is 2.59 bits per heavy atom. The van der Waals surface area contributed by atoms with Gasteiger partial charge in [0.2, 0.25) is 5.88 Å². The number of anilines is 2. The SMILES string of the molecule is C#CCN(C)C(=O)c1cccnc1Oc1ccc(Nc2ccccn2)cc1. The average molecular weight is 358 g/mol. The number of nitrogens with one attached hydrogen (secondary N) is 1. The minimum atomic E-state index is -0.246. The Balaban J connectivity index is 1.74. The third-order valence-electron chi connectivity index (χ3n) is 3.68. The zero-order valence-electron chi connectivity index (χ0n) is 14.8. The third-order valence-corrected chi connectivity index (χ3v) is 3.68. The van der Waals surface area contributed by atoms with E-state index in [4.69, 9.17) is 11.2 Å². The van der Waals surface area contributed by atoms with Crippen LogP contribution in [0, 0.1) is 12.3 Å². The third kappa shape index (κ3) is 4.61. The van der Waals surface area contributed by atoms with Crippen molar-refractivity contribution in [2.75, 3.05) is 18.9 Å². The maximum atomic E-state index is 12.5. The molecule has 2 aromatic heterocycles. The Morgan fingerprint density at radius 1 is 1.11 bits per heavy atom. The lowest BCUT2D eigenvalue weighted by molar-refractivity contribution is 0.0809. The van der Waals surface area contributed by atoms with Crippen LogP contribution in [0.1, 0.15) is 10.4 Å². The zero-order valence-corrected chi connectivity index (χ0v) is 14.8. The molecule has 1 amide bonds. The number of carbonyl (C=O) groups excluding carboxylic acids is 1. The van der Waals surface area contributed by atoms with Gasteiger partial charge in [-0.1, -0.05) is 12.0 Å². The molecule has 0 atom stereocenters. The lowest BCUT2D eigenvalue weighted by Crippen LogP contribution is -2.27. The van der Waals surface area contributed by atoms with Gasteiger partial charge in [-0.3, -0.25) is 4.79 Å². The predicted octanol–water partition coefficient (Wildman–Crippen LogP) is 3.72. The number of pyridine rings is 2. The largest absolute Gasteiger partial charge is 0.438 e. The van der Waals surface area contributed by atoms with E-state index in [9.17, 15) is 4.79 Å². The van der Waals surface area contributed by atoms with Crippen LogP contribution in [0.15, 0.2) is 67.0 Å². The second-order valence-corrected chi connectivity index (χ2v) is 5.69. The molecular formula is C21H18N4O2. The van der Waals surface area contributed by atoms with E-state index in [1.54, 1.807) is 43.7 Å². The van der Waals surface area contributed by atoms with Crippen molar-refractivity contribution in [3.63, 3.8) is 0 Å². The number of hydrogen-bond donors (Lipinski definition) is 1. The second kappa shape index (κ2) is 8.50. The van der Waals surface area contributed by atoms with E-state index in [-0.39, 0.29) is 18.3 Å². The maximum Gasteiger partial charge on any atom is 0.259 e. The molecule has 0 aliphatic rings. The summed E-state index contributed by atoms with van der Waals surface area (Å²) >= 11 is 0. The molecule has 3 rings (SSSR count). The molecule has 0 aliphatic heterocycles. The number of nitrogens with zero attached hydrogens (tertiary/aromatic N) is 3. The van der Waals surface area contributed by atoms with Crippen LogP contribution in [0.4, 0.5) is 11.5 Å². The second-order valence-electron chi connectivity index (χ2n) is 5.69. The fourth-order valence-electron chi connectivity index (χ4n) is 2.35. The van der Waals surface area contributed by atoms with Crippen molar-refractivity contribution < 1.29 is 9.53 Å². The quantitative estimate of drug-likeness (QED) is 0.680. The minimum Gasteiger partial charge on any atom is -0.438 e. The van der Waals surface area contributed by atoms with Gasteiger partial charge in [0.1, 0.15) is 17.1 Å². The summed E-state index contributed by atoms with van der Waals surface area (Å²) in [5.74, 6) is 3.75. The molecule has 2 heterocycles. The normalized spacial score (nSPS) is 9.93. The van der Waals surface area contributed by atoms with Crippen LogP contribution in [-0.4, -0.2) is 34.4 Å². The molecule has 0 unspecified atom stereocenters. The summed E-state index contributed by atoms with van der Waals surface area (Å²) < 4.78 is 5.81. The lowest BCUT2D eigenvalue weighted by atomic mass is 10.2. The molecule has 134 valence electrons. The van der Waals surface area contributed by atoms with Crippen LogP contribution in [0.3, 0.4) is 0 Å². The van der Waals surface area contributed by atoms with E-state index >= 15 is 0 Å². The molecule has 0 saturated heterocycles. The standard InChI is InChI=1S/C21H18N4O2/c1-3-15-25(2)21(26)18-7-6-14-23-20(18)27-17-11-9-16(10-12-17)24-19-8-4-5-13-22-19/h1,4-14H,15H2,2H3,(H,22,24). The van der Waals surface area contributed by atoms with Gasteiger partial charge in [0.15, 0.2) is 0 Å². The van der Waals surface area contributed by atoms with E-state index in [0.717, 1.165) is 11.5 Å². The molecule has 0 bridgehead atoms. The molecule has 6 heteroatoms. The van der Waals surface area contributed by atoms with Crippen molar-refractivity contribution in [3.8, 4) is 24.0 Å². The average Bonchev–Trinajstić information content (AvgIpc) is 2.70. The molecule has 0 saturated carbocycles. The van der Waals surface area contributed by atoms with E-state index in [1.807, 2.05) is 30.3 Å². The number of ether oxygens (including phenoxy) is 1. The molecule has 27 heavy (non-hydrogen) atoms. The van der Waals surface area contributed by atoms with E-state index in [0.29, 0.717) is 11.3 Å². The molecule has 0 aliphatic carbocycles. The molecule has 1 aromatic carbocycles. The van der Waals surface area contributed by atoms with Gasteiger partial charge in [0.05, 0.1) is 6.54 Å². The van der Waals surface area contributed by atoms with Gasteiger partial charge in [0, 0.05) is 25.1 Å². The van der Waals surface area contributed by atoms with Crippen LogP contribution in [0.2, 0.25) is 0 Å². The van der Waals surface area contributed by atoms with Gasteiger partial charge in [-0.25, -0.2) is 9.97 Å². The number of terminal acetylenes is 1. The van der Waals surface area contributed by atoms with Gasteiger partial charge < -0.3 is 15.0 Å². The summed E-state index contributed by atoms with van der Waals surface area (Å²) in [5.41, 5.74) is 1.22. The Hall–Kier alpha value is -3.85. The highest BCUT2D eigenvalue weighted by molar-refractivity contribution is 5.96. The molecular weight excluding hydrogens is 340 g/mol. The van der Waals surface area contributed by atoms with Crippen LogP contribution >= 0.6 is 0 Å². The van der Waals surface area contributed by atoms with Crippen molar-refractivity contribution >= 4 is 17.4 Å². The number of hydrogen-bond acceptors (Lipinski definition) is 5. The number of benzene rings is 1. The number of rotatable bonds is 6. The molecule has 6 nitrogen and oxygen atoms in total. The highest BCUT2D eigenvalue weighted by Crippen LogP contribution is 2.25. The predicted molar refractivity (Wildman–Crippen MR) is 104 cm³/mol. The van der Waals surface area contributed by atoms with Crippen LogP contribution < -0.4 is 10.1 Å². The number of aromatic nitrogens is 2. The summed E-state index contributed by atoms with van der Waals surface area (Å²) in [6.45, 7) is 0.209. The Kier molecular flexibility index (Phi) is 5.65. The Labute approximate surface area is 157 Å². The first-order valence-electron chi connectivity index (χ1n) is 8.27. The molecule has 3 aromatic rings. The van der Waals surface area contributed by atoms with Gasteiger partial charge in [-0.15, -0.1) is 6.42 Å². The van der Waals surface area contributed by atoms with Crippen molar-refractivity contribution in [2.45, 2.75) is 0 Å². The number of carbonyl (C=O) groups is 1. The molecule has 0 spiro atoms. The van der Waals surface area contributed by atoms with E-state index in [1.165, 1.54) is 4.90 Å². The van der Waals surface area contributed by atoms with Gasteiger partial charge in [-0.05, 0) is 48.5 Å². The van der Waals surface area contributed by atoms with Crippen molar-refractivity contribution in [2.24, 2.45) is 0 Å². The zero-order chi connectivity index (χ0) is 19.1. The molecule has 1 N–H and O–H groups in total. The van der Waals surface area contributed by atoms with Gasteiger partial charge in [-0.2, -0.15) is 0 Å². The van der Waals surface area contributed by atoms with Crippen LogP contribution in [0.5, 0.6) is 11.6 Å².